The van der Waals surface area contributed by atoms with Gasteiger partial charge < -0.3 is 9.40 Å². The topological polar surface area (TPSA) is 45.1 Å². The summed E-state index contributed by atoms with van der Waals surface area (Å²) in [5, 5.41) is 0. The van der Waals surface area contributed by atoms with Gasteiger partial charge in [-0.05, 0) is 38.4 Å². The third-order valence-electron chi connectivity index (χ3n) is 3.59. The number of rotatable bonds is 3. The molecule has 1 fully saturated rings. The summed E-state index contributed by atoms with van der Waals surface area (Å²) in [6.45, 7) is 5.11. The van der Waals surface area contributed by atoms with Crippen molar-refractivity contribution in [2.45, 2.75) is 32.2 Å². The second-order valence-corrected chi connectivity index (χ2v) is 5.06. The molecule has 1 unspecified atom stereocenters. The fourth-order valence-corrected chi connectivity index (χ4v) is 2.71. The summed E-state index contributed by atoms with van der Waals surface area (Å²) >= 11 is 0. The highest BCUT2D eigenvalue weighted by atomic mass is 16.3. The van der Waals surface area contributed by atoms with Crippen LogP contribution < -0.4 is 0 Å². The first kappa shape index (κ1) is 11.5. The smallest absolute Gasteiger partial charge is 0.118 e. The molecule has 96 valence electrons. The maximum atomic E-state index is 5.65. The predicted molar refractivity (Wildman–Crippen MR) is 69.3 cm³/mol. The summed E-state index contributed by atoms with van der Waals surface area (Å²) in [6, 6.07) is 4.11. The fraction of sp³-hybridized carbons (Fsp3) is 0.500. The van der Waals surface area contributed by atoms with Crippen LogP contribution >= 0.6 is 0 Å². The Kier molecular flexibility index (Phi) is 3.19. The highest BCUT2D eigenvalue weighted by Gasteiger charge is 2.23. The zero-order chi connectivity index (χ0) is 12.4. The Labute approximate surface area is 107 Å². The van der Waals surface area contributed by atoms with E-state index in [1.807, 2.05) is 25.4 Å². The molecule has 0 amide bonds. The van der Waals surface area contributed by atoms with Gasteiger partial charge in [0.1, 0.15) is 17.3 Å². The number of furan rings is 1. The molecular weight excluding hydrogens is 226 g/mol. The molecule has 1 N–H and O–H groups in total. The summed E-state index contributed by atoms with van der Waals surface area (Å²) in [7, 11) is 0. The van der Waals surface area contributed by atoms with Gasteiger partial charge in [-0.2, -0.15) is 0 Å². The number of nitrogens with one attached hydrogen (secondary N) is 1. The zero-order valence-corrected chi connectivity index (χ0v) is 10.7. The molecule has 2 aromatic rings. The van der Waals surface area contributed by atoms with Gasteiger partial charge in [-0.1, -0.05) is 0 Å². The lowest BCUT2D eigenvalue weighted by Gasteiger charge is -2.31. The highest BCUT2D eigenvalue weighted by molar-refractivity contribution is 5.06. The maximum absolute atomic E-state index is 5.65. The molecule has 2 aromatic heterocycles. The van der Waals surface area contributed by atoms with Gasteiger partial charge >= 0.3 is 0 Å². The van der Waals surface area contributed by atoms with Crippen LogP contribution in [0.2, 0.25) is 0 Å². The largest absolute Gasteiger partial charge is 0.465 e. The van der Waals surface area contributed by atoms with E-state index in [2.05, 4.69) is 20.9 Å². The standard InChI is InChI=1S/C14H19N3O/c1-11-4-5-13(18-11)10-17-8-2-3-12(9-17)14-15-6-7-16-14/h4-7,12H,2-3,8-10H2,1H3,(H,15,16). The van der Waals surface area contributed by atoms with E-state index in [9.17, 15) is 0 Å². The monoisotopic (exact) mass is 245 g/mol. The number of nitrogens with zero attached hydrogens (tertiary/aromatic N) is 2. The van der Waals surface area contributed by atoms with Gasteiger partial charge in [0, 0.05) is 24.9 Å². The van der Waals surface area contributed by atoms with Crippen LogP contribution in [0.4, 0.5) is 0 Å². The molecule has 0 bridgehead atoms. The molecule has 0 saturated carbocycles. The number of aryl methyl sites for hydroxylation is 1. The summed E-state index contributed by atoms with van der Waals surface area (Å²) in [6.07, 6.45) is 6.20. The van der Waals surface area contributed by atoms with Gasteiger partial charge in [0.25, 0.3) is 0 Å². The van der Waals surface area contributed by atoms with E-state index in [0.29, 0.717) is 5.92 Å². The van der Waals surface area contributed by atoms with Crippen LogP contribution in [0, 0.1) is 6.92 Å². The zero-order valence-electron chi connectivity index (χ0n) is 10.7. The van der Waals surface area contributed by atoms with Gasteiger partial charge in [0.2, 0.25) is 0 Å². The molecule has 0 aromatic carbocycles. The molecule has 1 atom stereocenters. The van der Waals surface area contributed by atoms with Crippen molar-refractivity contribution in [2.24, 2.45) is 0 Å². The number of imidazole rings is 1. The van der Waals surface area contributed by atoms with Crippen molar-refractivity contribution in [1.29, 1.82) is 0 Å². The van der Waals surface area contributed by atoms with Crippen molar-refractivity contribution in [3.63, 3.8) is 0 Å². The Morgan fingerprint density at radius 2 is 2.44 bits per heavy atom. The highest BCUT2D eigenvalue weighted by Crippen LogP contribution is 2.25. The number of aromatic nitrogens is 2. The van der Waals surface area contributed by atoms with E-state index >= 15 is 0 Å². The second kappa shape index (κ2) is 4.98. The van der Waals surface area contributed by atoms with Gasteiger partial charge in [-0.3, -0.25) is 4.90 Å². The van der Waals surface area contributed by atoms with Crippen molar-refractivity contribution in [1.82, 2.24) is 14.9 Å². The number of likely N-dealkylation sites (tertiary alicyclic amines) is 1. The van der Waals surface area contributed by atoms with E-state index in [4.69, 9.17) is 4.42 Å². The van der Waals surface area contributed by atoms with E-state index in [0.717, 1.165) is 37.0 Å². The first-order valence-corrected chi connectivity index (χ1v) is 6.58. The summed E-state index contributed by atoms with van der Waals surface area (Å²) < 4.78 is 5.65. The minimum atomic E-state index is 0.532. The molecule has 4 nitrogen and oxygen atoms in total. The first-order chi connectivity index (χ1) is 8.81. The molecular formula is C14H19N3O. The van der Waals surface area contributed by atoms with Gasteiger partial charge in [0.15, 0.2) is 0 Å². The SMILES string of the molecule is Cc1ccc(CN2CCCC(c3ncc[nH]3)C2)o1. The van der Waals surface area contributed by atoms with Crippen molar-refractivity contribution in [2.75, 3.05) is 13.1 Å². The van der Waals surface area contributed by atoms with Gasteiger partial charge in [0.05, 0.1) is 6.54 Å². The molecule has 4 heteroatoms. The summed E-state index contributed by atoms with van der Waals surface area (Å²) in [5.41, 5.74) is 0. The van der Waals surface area contributed by atoms with Crippen LogP contribution in [-0.2, 0) is 6.54 Å². The molecule has 0 spiro atoms. The summed E-state index contributed by atoms with van der Waals surface area (Å²) in [5.74, 6) is 3.71. The van der Waals surface area contributed by atoms with Crippen LogP contribution in [-0.4, -0.2) is 28.0 Å². The van der Waals surface area contributed by atoms with E-state index < -0.39 is 0 Å². The third kappa shape index (κ3) is 2.48. The lowest BCUT2D eigenvalue weighted by molar-refractivity contribution is 0.183. The quantitative estimate of drug-likeness (QED) is 0.904. The lowest BCUT2D eigenvalue weighted by atomic mass is 9.97. The Morgan fingerprint density at radius 3 is 3.17 bits per heavy atom. The number of hydrogen-bond acceptors (Lipinski definition) is 3. The number of aromatic amines is 1. The second-order valence-electron chi connectivity index (χ2n) is 5.06. The fourth-order valence-electron chi connectivity index (χ4n) is 2.71. The molecule has 1 aliphatic heterocycles. The van der Waals surface area contributed by atoms with Crippen LogP contribution in [0.25, 0.3) is 0 Å². The Balaban J connectivity index is 1.63. The molecule has 1 aliphatic rings. The van der Waals surface area contributed by atoms with Crippen molar-refractivity contribution in [3.8, 4) is 0 Å². The molecule has 3 heterocycles. The summed E-state index contributed by atoms with van der Waals surface area (Å²) in [4.78, 5) is 10.1. The van der Waals surface area contributed by atoms with E-state index in [-0.39, 0.29) is 0 Å². The number of piperidine rings is 1. The van der Waals surface area contributed by atoms with Crippen LogP contribution in [0.15, 0.2) is 28.9 Å². The molecule has 0 aliphatic carbocycles. The molecule has 1 saturated heterocycles. The normalized spacial score (nSPS) is 21.3. The molecule has 18 heavy (non-hydrogen) atoms. The van der Waals surface area contributed by atoms with Crippen molar-refractivity contribution in [3.05, 3.63) is 41.9 Å². The number of hydrogen-bond donors (Lipinski definition) is 1. The van der Waals surface area contributed by atoms with E-state index in [1.54, 1.807) is 0 Å². The Hall–Kier alpha value is -1.55. The third-order valence-corrected chi connectivity index (χ3v) is 3.59. The number of H-pyrrole nitrogens is 1. The average molecular weight is 245 g/mol. The van der Waals surface area contributed by atoms with Crippen molar-refractivity contribution < 1.29 is 4.42 Å². The Bertz CT molecular complexity index is 489. The minimum absolute atomic E-state index is 0.532. The van der Waals surface area contributed by atoms with Crippen LogP contribution in [0.1, 0.15) is 36.1 Å². The van der Waals surface area contributed by atoms with Gasteiger partial charge in [-0.25, -0.2) is 4.98 Å². The molecule has 0 radical (unpaired) electrons. The minimum Gasteiger partial charge on any atom is -0.465 e. The van der Waals surface area contributed by atoms with Crippen molar-refractivity contribution >= 4 is 0 Å². The van der Waals surface area contributed by atoms with Gasteiger partial charge in [-0.15, -0.1) is 0 Å². The van der Waals surface area contributed by atoms with Crippen LogP contribution in [0.5, 0.6) is 0 Å². The predicted octanol–water partition coefficient (Wildman–Crippen LogP) is 2.69. The van der Waals surface area contributed by atoms with Crippen LogP contribution in [0.3, 0.4) is 0 Å². The lowest BCUT2D eigenvalue weighted by Crippen LogP contribution is -2.34. The first-order valence-electron chi connectivity index (χ1n) is 6.58. The molecule has 3 rings (SSSR count). The maximum Gasteiger partial charge on any atom is 0.118 e. The Morgan fingerprint density at radius 1 is 1.50 bits per heavy atom. The average Bonchev–Trinajstić information content (AvgIpc) is 3.01. The van der Waals surface area contributed by atoms with E-state index in [1.165, 1.54) is 12.8 Å².